The van der Waals surface area contributed by atoms with Crippen LogP contribution >= 0.6 is 35.0 Å². The number of hydrogen-bond donors (Lipinski definition) is 2. The molecule has 1 amide bonds. The number of aromatic amines is 1. The van der Waals surface area contributed by atoms with Crippen molar-refractivity contribution in [3.63, 3.8) is 0 Å². The summed E-state index contributed by atoms with van der Waals surface area (Å²) in [4.78, 5) is 15.6. The number of fused-ring (bicyclic) bond motifs is 1. The van der Waals surface area contributed by atoms with Gasteiger partial charge >= 0.3 is 0 Å². The maximum Gasteiger partial charge on any atom is 0.277 e. The molecule has 0 saturated carbocycles. The maximum absolute atomic E-state index is 12.4. The zero-order valence-corrected chi connectivity index (χ0v) is 16.9. The van der Waals surface area contributed by atoms with Gasteiger partial charge in [0, 0.05) is 32.8 Å². The van der Waals surface area contributed by atoms with E-state index < -0.39 is 5.25 Å². The standard InChI is InChI=1S/C19H14Cl2N4O2S/c1-10(17(26)23-13-7-11(20)6-12(21)8-13)28-19-25-24-18(27-19)15-9-22-16-5-3-2-4-14(15)16/h2-10,22H,1H3,(H,23,26). The highest BCUT2D eigenvalue weighted by atomic mass is 35.5. The van der Waals surface area contributed by atoms with Crippen molar-refractivity contribution in [2.45, 2.75) is 17.4 Å². The van der Waals surface area contributed by atoms with Crippen molar-refractivity contribution in [3.05, 3.63) is 58.7 Å². The normalized spacial score (nSPS) is 12.2. The van der Waals surface area contributed by atoms with E-state index in [1.54, 1.807) is 25.1 Å². The molecule has 2 N–H and O–H groups in total. The lowest BCUT2D eigenvalue weighted by atomic mass is 10.2. The van der Waals surface area contributed by atoms with E-state index in [1.807, 2.05) is 30.5 Å². The number of nitrogens with one attached hydrogen (secondary N) is 2. The molecule has 2 heterocycles. The molecule has 0 saturated heterocycles. The van der Waals surface area contributed by atoms with Gasteiger partial charge in [0.2, 0.25) is 5.91 Å². The van der Waals surface area contributed by atoms with Gasteiger partial charge in [0.1, 0.15) is 0 Å². The van der Waals surface area contributed by atoms with Gasteiger partial charge in [0.15, 0.2) is 0 Å². The van der Waals surface area contributed by atoms with Crippen LogP contribution in [0.2, 0.25) is 10.0 Å². The number of aromatic nitrogens is 3. The van der Waals surface area contributed by atoms with Crippen LogP contribution in [0.3, 0.4) is 0 Å². The summed E-state index contributed by atoms with van der Waals surface area (Å²) in [6, 6.07) is 12.7. The predicted molar refractivity (Wildman–Crippen MR) is 112 cm³/mol. The van der Waals surface area contributed by atoms with Gasteiger partial charge in [-0.3, -0.25) is 4.79 Å². The molecule has 2 aromatic carbocycles. The van der Waals surface area contributed by atoms with Crippen LogP contribution in [0, 0.1) is 0 Å². The summed E-state index contributed by atoms with van der Waals surface area (Å²) in [6.45, 7) is 1.75. The Morgan fingerprint density at radius 2 is 1.93 bits per heavy atom. The molecule has 1 unspecified atom stereocenters. The van der Waals surface area contributed by atoms with Gasteiger partial charge in [-0.1, -0.05) is 53.2 Å². The van der Waals surface area contributed by atoms with Crippen LogP contribution in [0.1, 0.15) is 6.92 Å². The largest absolute Gasteiger partial charge is 0.411 e. The zero-order valence-electron chi connectivity index (χ0n) is 14.6. The lowest BCUT2D eigenvalue weighted by Crippen LogP contribution is -2.22. The van der Waals surface area contributed by atoms with Crippen molar-refractivity contribution >= 4 is 57.5 Å². The molecule has 4 aromatic rings. The Labute approximate surface area is 174 Å². The number of amides is 1. The number of nitrogens with zero attached hydrogens (tertiary/aromatic N) is 2. The first-order valence-electron chi connectivity index (χ1n) is 8.33. The van der Waals surface area contributed by atoms with Gasteiger partial charge in [-0.25, -0.2) is 0 Å². The molecular formula is C19H14Cl2N4O2S. The molecule has 0 aliphatic rings. The summed E-state index contributed by atoms with van der Waals surface area (Å²) in [5.41, 5.74) is 2.33. The highest BCUT2D eigenvalue weighted by Crippen LogP contribution is 2.31. The van der Waals surface area contributed by atoms with Crippen molar-refractivity contribution in [2.75, 3.05) is 5.32 Å². The van der Waals surface area contributed by atoms with Gasteiger partial charge in [-0.15, -0.1) is 10.2 Å². The van der Waals surface area contributed by atoms with Crippen LogP contribution in [0.5, 0.6) is 0 Å². The third-order valence-electron chi connectivity index (χ3n) is 4.00. The summed E-state index contributed by atoms with van der Waals surface area (Å²) >= 11 is 13.1. The molecule has 28 heavy (non-hydrogen) atoms. The van der Waals surface area contributed by atoms with E-state index in [0.717, 1.165) is 16.5 Å². The predicted octanol–water partition coefficient (Wildman–Crippen LogP) is 5.64. The van der Waals surface area contributed by atoms with E-state index in [4.69, 9.17) is 27.6 Å². The van der Waals surface area contributed by atoms with Crippen molar-refractivity contribution in [3.8, 4) is 11.5 Å². The van der Waals surface area contributed by atoms with Crippen molar-refractivity contribution < 1.29 is 9.21 Å². The summed E-state index contributed by atoms with van der Waals surface area (Å²) in [5.74, 6) is 0.171. The van der Waals surface area contributed by atoms with Crippen LogP contribution < -0.4 is 5.32 Å². The molecule has 0 aliphatic heterocycles. The lowest BCUT2D eigenvalue weighted by molar-refractivity contribution is -0.115. The minimum absolute atomic E-state index is 0.227. The number of carbonyl (C=O) groups excluding carboxylic acids is 1. The molecule has 0 spiro atoms. The van der Waals surface area contributed by atoms with E-state index in [0.29, 0.717) is 26.8 Å². The number of carbonyl (C=O) groups is 1. The number of para-hydroxylation sites is 1. The summed E-state index contributed by atoms with van der Waals surface area (Å²) in [6.07, 6.45) is 1.83. The number of rotatable bonds is 5. The van der Waals surface area contributed by atoms with Crippen LogP contribution in [0.15, 0.2) is 58.3 Å². The molecule has 9 heteroatoms. The summed E-state index contributed by atoms with van der Waals surface area (Å²) in [5, 5.41) is 12.7. The van der Waals surface area contributed by atoms with E-state index in [1.165, 1.54) is 11.8 Å². The molecular weight excluding hydrogens is 419 g/mol. The van der Waals surface area contributed by atoms with Gasteiger partial charge in [-0.2, -0.15) is 0 Å². The smallest absolute Gasteiger partial charge is 0.277 e. The Morgan fingerprint density at radius 1 is 1.18 bits per heavy atom. The SMILES string of the molecule is CC(Sc1nnc(-c2c[nH]c3ccccc23)o1)C(=O)Nc1cc(Cl)cc(Cl)c1. The molecule has 142 valence electrons. The molecule has 4 rings (SSSR count). The van der Waals surface area contributed by atoms with E-state index in [2.05, 4.69) is 20.5 Å². The minimum atomic E-state index is -0.464. The molecule has 2 aromatic heterocycles. The van der Waals surface area contributed by atoms with Crippen LogP contribution in [0.25, 0.3) is 22.4 Å². The second-order valence-electron chi connectivity index (χ2n) is 6.03. The average Bonchev–Trinajstić information content (AvgIpc) is 3.27. The second-order valence-corrected chi connectivity index (χ2v) is 8.19. The number of anilines is 1. The number of halogens is 2. The Hall–Kier alpha value is -2.48. The molecule has 6 nitrogen and oxygen atoms in total. The second kappa shape index (κ2) is 7.87. The lowest BCUT2D eigenvalue weighted by Gasteiger charge is -2.10. The Kier molecular flexibility index (Phi) is 5.30. The van der Waals surface area contributed by atoms with Crippen LogP contribution in [0.4, 0.5) is 5.69 Å². The first-order chi connectivity index (χ1) is 13.5. The van der Waals surface area contributed by atoms with Crippen molar-refractivity contribution in [1.82, 2.24) is 15.2 Å². The van der Waals surface area contributed by atoms with Crippen LogP contribution in [-0.2, 0) is 4.79 Å². The fourth-order valence-corrected chi connectivity index (χ4v) is 3.90. The number of hydrogen-bond acceptors (Lipinski definition) is 5. The van der Waals surface area contributed by atoms with Gasteiger partial charge in [0.25, 0.3) is 11.1 Å². The third-order valence-corrected chi connectivity index (χ3v) is 5.37. The Bertz CT molecular complexity index is 1140. The number of thioether (sulfide) groups is 1. The van der Waals surface area contributed by atoms with Gasteiger partial charge < -0.3 is 14.7 Å². The molecule has 0 fully saturated rings. The first kappa shape index (κ1) is 18.9. The molecule has 0 radical (unpaired) electrons. The number of benzene rings is 2. The minimum Gasteiger partial charge on any atom is -0.411 e. The number of H-pyrrole nitrogens is 1. The Balaban J connectivity index is 1.46. The first-order valence-corrected chi connectivity index (χ1v) is 9.97. The summed E-state index contributed by atoms with van der Waals surface area (Å²) < 4.78 is 5.74. The summed E-state index contributed by atoms with van der Waals surface area (Å²) in [7, 11) is 0. The van der Waals surface area contributed by atoms with Crippen LogP contribution in [-0.4, -0.2) is 26.3 Å². The monoisotopic (exact) mass is 432 g/mol. The highest BCUT2D eigenvalue weighted by molar-refractivity contribution is 8.00. The van der Waals surface area contributed by atoms with Crippen molar-refractivity contribution in [1.29, 1.82) is 0 Å². The topological polar surface area (TPSA) is 83.8 Å². The maximum atomic E-state index is 12.4. The average molecular weight is 433 g/mol. The Morgan fingerprint density at radius 3 is 2.71 bits per heavy atom. The van der Waals surface area contributed by atoms with E-state index in [-0.39, 0.29) is 5.91 Å². The van der Waals surface area contributed by atoms with E-state index in [9.17, 15) is 4.79 Å². The van der Waals surface area contributed by atoms with E-state index >= 15 is 0 Å². The zero-order chi connectivity index (χ0) is 19.7. The quantitative estimate of drug-likeness (QED) is 0.398. The fourth-order valence-electron chi connectivity index (χ4n) is 2.69. The molecule has 0 bridgehead atoms. The van der Waals surface area contributed by atoms with Gasteiger partial charge in [0.05, 0.1) is 10.8 Å². The molecule has 0 aliphatic carbocycles. The van der Waals surface area contributed by atoms with Crippen molar-refractivity contribution in [2.24, 2.45) is 0 Å². The fraction of sp³-hybridized carbons (Fsp3) is 0.105. The highest BCUT2D eigenvalue weighted by Gasteiger charge is 2.20. The molecule has 1 atom stereocenters. The van der Waals surface area contributed by atoms with Gasteiger partial charge in [-0.05, 0) is 31.2 Å². The third kappa shape index (κ3) is 4.01.